The Morgan fingerprint density at radius 2 is 1.86 bits per heavy atom. The molecule has 0 aromatic carbocycles. The Hall–Kier alpha value is -0.120. The van der Waals surface area contributed by atoms with Crippen LogP contribution in [0.2, 0.25) is 0 Å². The van der Waals surface area contributed by atoms with E-state index in [9.17, 15) is 0 Å². The first-order chi connectivity index (χ1) is 10.2. The zero-order valence-electron chi connectivity index (χ0n) is 14.8. The molecule has 2 rings (SSSR count). The van der Waals surface area contributed by atoms with Crippen molar-refractivity contribution in [2.24, 2.45) is 5.92 Å². The van der Waals surface area contributed by atoms with Gasteiger partial charge < -0.3 is 10.2 Å². The summed E-state index contributed by atoms with van der Waals surface area (Å²) in [7, 11) is 2.30. The summed E-state index contributed by atoms with van der Waals surface area (Å²) in [5.41, 5.74) is 0. The number of hydrogen-bond acceptors (Lipinski definition) is 3. The highest BCUT2D eigenvalue weighted by molar-refractivity contribution is 4.94. The molecule has 21 heavy (non-hydrogen) atoms. The quantitative estimate of drug-likeness (QED) is 0.813. The fraction of sp³-hybridized carbons (Fsp3) is 1.00. The minimum atomic E-state index is 0.730. The van der Waals surface area contributed by atoms with Crippen LogP contribution in [0.3, 0.4) is 0 Å². The third kappa shape index (κ3) is 4.43. The number of rotatable bonds is 6. The Kier molecular flexibility index (Phi) is 6.97. The second-order valence-corrected chi connectivity index (χ2v) is 7.25. The molecule has 1 aliphatic carbocycles. The summed E-state index contributed by atoms with van der Waals surface area (Å²) in [6.07, 6.45) is 8.12. The minimum absolute atomic E-state index is 0.730. The second kappa shape index (κ2) is 8.50. The molecule has 124 valence electrons. The van der Waals surface area contributed by atoms with Crippen molar-refractivity contribution in [1.29, 1.82) is 0 Å². The molecule has 0 aromatic rings. The third-order valence-corrected chi connectivity index (χ3v) is 5.91. The van der Waals surface area contributed by atoms with Crippen molar-refractivity contribution >= 4 is 0 Å². The molecule has 3 heteroatoms. The number of hydrogen-bond donors (Lipinski definition) is 1. The maximum absolute atomic E-state index is 3.85. The van der Waals surface area contributed by atoms with Crippen LogP contribution in [0.1, 0.15) is 59.3 Å². The van der Waals surface area contributed by atoms with E-state index >= 15 is 0 Å². The van der Waals surface area contributed by atoms with E-state index in [1.807, 2.05) is 0 Å². The fourth-order valence-corrected chi connectivity index (χ4v) is 4.29. The van der Waals surface area contributed by atoms with Gasteiger partial charge in [0, 0.05) is 37.8 Å². The van der Waals surface area contributed by atoms with Crippen molar-refractivity contribution < 1.29 is 0 Å². The van der Waals surface area contributed by atoms with Crippen LogP contribution >= 0.6 is 0 Å². The van der Waals surface area contributed by atoms with Gasteiger partial charge >= 0.3 is 0 Å². The molecule has 3 nitrogen and oxygen atoms in total. The SMILES string of the molecule is CCCNC1CCC(CC)CC1N1CCN(C)C(CC)C1. The number of nitrogens with one attached hydrogen (secondary N) is 1. The van der Waals surface area contributed by atoms with Crippen molar-refractivity contribution in [3.8, 4) is 0 Å². The summed E-state index contributed by atoms with van der Waals surface area (Å²) in [5.74, 6) is 0.953. The molecular formula is C18H37N3. The van der Waals surface area contributed by atoms with Gasteiger partial charge in [0.2, 0.25) is 0 Å². The van der Waals surface area contributed by atoms with Crippen LogP contribution in [-0.2, 0) is 0 Å². The molecule has 0 spiro atoms. The maximum Gasteiger partial charge on any atom is 0.0253 e. The average molecular weight is 296 g/mol. The molecule has 4 unspecified atom stereocenters. The summed E-state index contributed by atoms with van der Waals surface area (Å²) in [6.45, 7) is 12.0. The highest BCUT2D eigenvalue weighted by atomic mass is 15.3. The molecule has 0 amide bonds. The highest BCUT2D eigenvalue weighted by Crippen LogP contribution is 2.31. The van der Waals surface area contributed by atoms with Crippen LogP contribution in [0.25, 0.3) is 0 Å². The molecule has 0 aromatic heterocycles. The van der Waals surface area contributed by atoms with Crippen LogP contribution in [0.4, 0.5) is 0 Å². The lowest BCUT2D eigenvalue weighted by Crippen LogP contribution is -2.60. The molecule has 4 atom stereocenters. The van der Waals surface area contributed by atoms with Crippen LogP contribution in [0, 0.1) is 5.92 Å². The normalized spacial score (nSPS) is 36.0. The van der Waals surface area contributed by atoms with Crippen molar-refractivity contribution in [2.45, 2.75) is 77.4 Å². The molecule has 1 heterocycles. The van der Waals surface area contributed by atoms with Gasteiger partial charge in [0.15, 0.2) is 0 Å². The van der Waals surface area contributed by atoms with Crippen molar-refractivity contribution in [2.75, 3.05) is 33.2 Å². The Labute approximate surface area is 132 Å². The summed E-state index contributed by atoms with van der Waals surface area (Å²) in [5, 5.41) is 3.85. The van der Waals surface area contributed by atoms with Gasteiger partial charge in [-0.2, -0.15) is 0 Å². The minimum Gasteiger partial charge on any atom is -0.312 e. The van der Waals surface area contributed by atoms with Crippen LogP contribution < -0.4 is 5.32 Å². The molecule has 1 saturated carbocycles. The van der Waals surface area contributed by atoms with Crippen molar-refractivity contribution in [3.05, 3.63) is 0 Å². The van der Waals surface area contributed by atoms with E-state index in [2.05, 4.69) is 42.9 Å². The van der Waals surface area contributed by atoms with Gasteiger partial charge in [0.05, 0.1) is 0 Å². The van der Waals surface area contributed by atoms with E-state index in [4.69, 9.17) is 0 Å². The topological polar surface area (TPSA) is 18.5 Å². The van der Waals surface area contributed by atoms with E-state index in [0.29, 0.717) is 0 Å². The van der Waals surface area contributed by atoms with Gasteiger partial charge in [0.1, 0.15) is 0 Å². The monoisotopic (exact) mass is 295 g/mol. The summed E-state index contributed by atoms with van der Waals surface area (Å²) in [4.78, 5) is 5.38. The van der Waals surface area contributed by atoms with Crippen molar-refractivity contribution in [1.82, 2.24) is 15.1 Å². The van der Waals surface area contributed by atoms with Gasteiger partial charge in [-0.15, -0.1) is 0 Å². The van der Waals surface area contributed by atoms with Crippen LogP contribution in [-0.4, -0.2) is 61.2 Å². The summed E-state index contributed by atoms with van der Waals surface area (Å²) >= 11 is 0. The lowest BCUT2D eigenvalue weighted by molar-refractivity contribution is 0.0246. The Morgan fingerprint density at radius 3 is 2.52 bits per heavy atom. The Morgan fingerprint density at radius 1 is 1.05 bits per heavy atom. The zero-order valence-corrected chi connectivity index (χ0v) is 14.8. The smallest absolute Gasteiger partial charge is 0.0253 e. The molecule has 1 aliphatic heterocycles. The first-order valence-corrected chi connectivity index (χ1v) is 9.37. The Bertz CT molecular complexity index is 294. The van der Waals surface area contributed by atoms with Gasteiger partial charge in [0.25, 0.3) is 0 Å². The maximum atomic E-state index is 3.85. The second-order valence-electron chi connectivity index (χ2n) is 7.25. The van der Waals surface area contributed by atoms with E-state index in [0.717, 1.165) is 24.0 Å². The summed E-state index contributed by atoms with van der Waals surface area (Å²) < 4.78 is 0. The van der Waals surface area contributed by atoms with Gasteiger partial charge in [-0.3, -0.25) is 4.90 Å². The zero-order chi connectivity index (χ0) is 15.2. The molecule has 2 fully saturated rings. The van der Waals surface area contributed by atoms with E-state index in [1.54, 1.807) is 0 Å². The fourth-order valence-electron chi connectivity index (χ4n) is 4.29. The first-order valence-electron chi connectivity index (χ1n) is 9.37. The van der Waals surface area contributed by atoms with Crippen LogP contribution in [0.15, 0.2) is 0 Å². The number of likely N-dealkylation sites (N-methyl/N-ethyl adjacent to an activating group) is 1. The number of nitrogens with zero attached hydrogens (tertiary/aromatic N) is 2. The van der Waals surface area contributed by atoms with E-state index < -0.39 is 0 Å². The molecule has 1 saturated heterocycles. The predicted molar refractivity (Wildman–Crippen MR) is 91.8 cm³/mol. The molecule has 1 N–H and O–H groups in total. The largest absolute Gasteiger partial charge is 0.312 e. The molecule has 0 radical (unpaired) electrons. The van der Waals surface area contributed by atoms with Gasteiger partial charge in [-0.1, -0.05) is 27.2 Å². The molecular weight excluding hydrogens is 258 g/mol. The molecule has 2 aliphatic rings. The summed E-state index contributed by atoms with van der Waals surface area (Å²) in [6, 6.07) is 2.26. The lowest BCUT2D eigenvalue weighted by atomic mass is 9.79. The lowest BCUT2D eigenvalue weighted by Gasteiger charge is -2.48. The van der Waals surface area contributed by atoms with E-state index in [1.165, 1.54) is 64.7 Å². The van der Waals surface area contributed by atoms with Crippen LogP contribution in [0.5, 0.6) is 0 Å². The van der Waals surface area contributed by atoms with Crippen molar-refractivity contribution in [3.63, 3.8) is 0 Å². The number of piperazine rings is 1. The Balaban J connectivity index is 2.00. The third-order valence-electron chi connectivity index (χ3n) is 5.91. The molecule has 0 bridgehead atoms. The standard InChI is InChI=1S/C18H37N3/c1-5-10-19-17-9-8-15(6-2)13-18(17)21-12-11-20(4)16(7-3)14-21/h15-19H,5-14H2,1-4H3. The van der Waals surface area contributed by atoms with Gasteiger partial charge in [-0.25, -0.2) is 0 Å². The highest BCUT2D eigenvalue weighted by Gasteiger charge is 2.36. The van der Waals surface area contributed by atoms with E-state index in [-0.39, 0.29) is 0 Å². The average Bonchev–Trinajstić information content (AvgIpc) is 2.53. The first kappa shape index (κ1) is 17.2. The predicted octanol–water partition coefficient (Wildman–Crippen LogP) is 2.96. The van der Waals surface area contributed by atoms with Gasteiger partial charge in [-0.05, 0) is 51.6 Å².